The van der Waals surface area contributed by atoms with Gasteiger partial charge >= 0.3 is 0 Å². The normalized spacial score (nSPS) is 26.0. The van der Waals surface area contributed by atoms with Crippen LogP contribution in [-0.2, 0) is 10.0 Å². The molecule has 3 nitrogen and oxygen atoms in total. The number of rotatable bonds is 3. The van der Waals surface area contributed by atoms with E-state index in [2.05, 4.69) is 27.6 Å². The molecule has 1 saturated carbocycles. The summed E-state index contributed by atoms with van der Waals surface area (Å²) in [6, 6.07) is 1.85. The zero-order valence-electron chi connectivity index (χ0n) is 9.65. The molecule has 1 aromatic heterocycles. The standard InChI is InChI=1S/C11H16BrNO2S2/c1-8-4-2-3-5-10(8)13-17(14,15)11-9(12)6-7-16-11/h6-8,10,13H,2-5H2,1H3. The quantitative estimate of drug-likeness (QED) is 0.918. The Morgan fingerprint density at radius 2 is 2.12 bits per heavy atom. The van der Waals surface area contributed by atoms with Gasteiger partial charge in [0.05, 0.1) is 0 Å². The fourth-order valence-electron chi connectivity index (χ4n) is 2.22. The predicted molar refractivity (Wildman–Crippen MR) is 73.8 cm³/mol. The van der Waals surface area contributed by atoms with Gasteiger partial charge < -0.3 is 0 Å². The summed E-state index contributed by atoms with van der Waals surface area (Å²) >= 11 is 4.52. The van der Waals surface area contributed by atoms with Gasteiger partial charge in [-0.15, -0.1) is 11.3 Å². The van der Waals surface area contributed by atoms with E-state index in [-0.39, 0.29) is 6.04 Å². The number of nitrogens with one attached hydrogen (secondary N) is 1. The summed E-state index contributed by atoms with van der Waals surface area (Å²) in [6.07, 6.45) is 4.38. The molecular weight excluding hydrogens is 322 g/mol. The molecule has 0 amide bonds. The van der Waals surface area contributed by atoms with E-state index in [9.17, 15) is 8.42 Å². The third-order valence-electron chi connectivity index (χ3n) is 3.25. The van der Waals surface area contributed by atoms with E-state index in [1.165, 1.54) is 17.8 Å². The van der Waals surface area contributed by atoms with Crippen molar-refractivity contribution in [2.75, 3.05) is 0 Å². The minimum Gasteiger partial charge on any atom is -0.207 e. The molecule has 17 heavy (non-hydrogen) atoms. The van der Waals surface area contributed by atoms with Crippen molar-refractivity contribution >= 4 is 37.3 Å². The Morgan fingerprint density at radius 1 is 1.41 bits per heavy atom. The highest BCUT2D eigenvalue weighted by atomic mass is 79.9. The summed E-state index contributed by atoms with van der Waals surface area (Å²) in [5, 5.41) is 1.78. The van der Waals surface area contributed by atoms with E-state index in [4.69, 9.17) is 0 Å². The fourth-order valence-corrected chi connectivity index (χ4v) is 5.95. The van der Waals surface area contributed by atoms with E-state index in [0.29, 0.717) is 14.6 Å². The first kappa shape index (κ1) is 13.5. The number of halogens is 1. The lowest BCUT2D eigenvalue weighted by molar-refractivity contribution is 0.310. The lowest BCUT2D eigenvalue weighted by Crippen LogP contribution is -2.40. The first-order valence-corrected chi connectivity index (χ1v) is 8.91. The van der Waals surface area contributed by atoms with Crippen LogP contribution in [0.4, 0.5) is 0 Å². The number of sulfonamides is 1. The van der Waals surface area contributed by atoms with Gasteiger partial charge in [-0.2, -0.15) is 0 Å². The maximum absolute atomic E-state index is 12.2. The predicted octanol–water partition coefficient (Wildman–Crippen LogP) is 3.37. The lowest BCUT2D eigenvalue weighted by Gasteiger charge is -2.29. The van der Waals surface area contributed by atoms with Crippen molar-refractivity contribution < 1.29 is 8.42 Å². The SMILES string of the molecule is CC1CCCCC1NS(=O)(=O)c1sccc1Br. The molecule has 1 aliphatic rings. The average molecular weight is 338 g/mol. The molecular formula is C11H16BrNO2S2. The van der Waals surface area contributed by atoms with Gasteiger partial charge in [0.25, 0.3) is 10.0 Å². The van der Waals surface area contributed by atoms with Crippen molar-refractivity contribution in [3.8, 4) is 0 Å². The highest BCUT2D eigenvalue weighted by Crippen LogP contribution is 2.30. The minimum absolute atomic E-state index is 0.0859. The summed E-state index contributed by atoms with van der Waals surface area (Å²) in [4.78, 5) is 0. The Balaban J connectivity index is 2.15. The third-order valence-corrected chi connectivity index (χ3v) is 7.41. The molecule has 96 valence electrons. The molecule has 1 aromatic rings. The zero-order valence-corrected chi connectivity index (χ0v) is 12.9. The Labute approximate surface area is 115 Å². The molecule has 2 unspecified atom stereocenters. The van der Waals surface area contributed by atoms with Crippen LogP contribution in [0.1, 0.15) is 32.6 Å². The molecule has 1 aliphatic carbocycles. The highest BCUT2D eigenvalue weighted by Gasteiger charge is 2.28. The van der Waals surface area contributed by atoms with E-state index >= 15 is 0 Å². The molecule has 0 aliphatic heterocycles. The Bertz CT molecular complexity index is 483. The fraction of sp³-hybridized carbons (Fsp3) is 0.636. The van der Waals surface area contributed by atoms with Crippen LogP contribution in [0.5, 0.6) is 0 Å². The molecule has 0 aromatic carbocycles. The molecule has 2 rings (SSSR count). The van der Waals surface area contributed by atoms with Crippen LogP contribution in [0.3, 0.4) is 0 Å². The van der Waals surface area contributed by atoms with Gasteiger partial charge in [0.2, 0.25) is 0 Å². The second kappa shape index (κ2) is 5.38. The Hall–Kier alpha value is 0.0900. The van der Waals surface area contributed by atoms with Crippen LogP contribution in [0.25, 0.3) is 0 Å². The van der Waals surface area contributed by atoms with Gasteiger partial charge in [-0.25, -0.2) is 13.1 Å². The highest BCUT2D eigenvalue weighted by molar-refractivity contribution is 9.10. The number of thiophene rings is 1. The Kier molecular flexibility index (Phi) is 4.28. The lowest BCUT2D eigenvalue weighted by atomic mass is 9.87. The molecule has 0 spiro atoms. The van der Waals surface area contributed by atoms with Crippen LogP contribution in [0, 0.1) is 5.92 Å². The summed E-state index contributed by atoms with van der Waals surface area (Å²) in [7, 11) is -3.36. The molecule has 0 saturated heterocycles. The summed E-state index contributed by atoms with van der Waals surface area (Å²) in [5.41, 5.74) is 0. The summed E-state index contributed by atoms with van der Waals surface area (Å²) in [5.74, 6) is 0.428. The van der Waals surface area contributed by atoms with Crippen molar-refractivity contribution in [2.45, 2.75) is 42.9 Å². The maximum atomic E-state index is 12.2. The van der Waals surface area contributed by atoms with Gasteiger partial charge in [-0.3, -0.25) is 0 Å². The second-order valence-corrected chi connectivity index (χ2v) is 8.23. The van der Waals surface area contributed by atoms with Crippen LogP contribution < -0.4 is 4.72 Å². The second-order valence-electron chi connectivity index (χ2n) is 4.55. The van der Waals surface area contributed by atoms with Crippen molar-refractivity contribution in [3.63, 3.8) is 0 Å². The zero-order chi connectivity index (χ0) is 12.5. The monoisotopic (exact) mass is 337 g/mol. The topological polar surface area (TPSA) is 46.2 Å². The summed E-state index contributed by atoms with van der Waals surface area (Å²) in [6.45, 7) is 2.12. The number of hydrogen-bond donors (Lipinski definition) is 1. The van der Waals surface area contributed by atoms with Gasteiger partial charge in [-0.05, 0) is 46.1 Å². The van der Waals surface area contributed by atoms with E-state index < -0.39 is 10.0 Å². The molecule has 6 heteroatoms. The van der Waals surface area contributed by atoms with Gasteiger partial charge in [0.15, 0.2) is 0 Å². The van der Waals surface area contributed by atoms with Gasteiger partial charge in [-0.1, -0.05) is 19.8 Å². The van der Waals surface area contributed by atoms with Crippen LogP contribution in [0.2, 0.25) is 0 Å². The molecule has 1 heterocycles. The smallest absolute Gasteiger partial charge is 0.207 e. The third kappa shape index (κ3) is 3.10. The number of hydrogen-bond acceptors (Lipinski definition) is 3. The molecule has 1 N–H and O–H groups in total. The van der Waals surface area contributed by atoms with Crippen molar-refractivity contribution in [2.24, 2.45) is 5.92 Å². The molecule has 2 atom stereocenters. The molecule has 0 bridgehead atoms. The van der Waals surface area contributed by atoms with E-state index in [1.807, 2.05) is 0 Å². The Morgan fingerprint density at radius 3 is 2.71 bits per heavy atom. The largest absolute Gasteiger partial charge is 0.251 e. The first-order chi connectivity index (χ1) is 8.00. The molecule has 1 fully saturated rings. The van der Waals surface area contributed by atoms with Crippen molar-refractivity contribution in [3.05, 3.63) is 15.9 Å². The van der Waals surface area contributed by atoms with Gasteiger partial charge in [0, 0.05) is 10.5 Å². The van der Waals surface area contributed by atoms with Crippen molar-refractivity contribution in [1.29, 1.82) is 0 Å². The van der Waals surface area contributed by atoms with Gasteiger partial charge in [0.1, 0.15) is 4.21 Å². The van der Waals surface area contributed by atoms with Crippen LogP contribution in [-0.4, -0.2) is 14.5 Å². The van der Waals surface area contributed by atoms with Crippen molar-refractivity contribution in [1.82, 2.24) is 4.72 Å². The van der Waals surface area contributed by atoms with Crippen LogP contribution >= 0.6 is 27.3 Å². The van der Waals surface area contributed by atoms with E-state index in [0.717, 1.165) is 19.3 Å². The first-order valence-electron chi connectivity index (χ1n) is 5.76. The molecule has 0 radical (unpaired) electrons. The maximum Gasteiger partial charge on any atom is 0.251 e. The van der Waals surface area contributed by atoms with E-state index in [1.54, 1.807) is 11.4 Å². The average Bonchev–Trinajstić information content (AvgIpc) is 2.68. The minimum atomic E-state index is -3.36. The van der Waals surface area contributed by atoms with Crippen LogP contribution in [0.15, 0.2) is 20.1 Å². The summed E-state index contributed by atoms with van der Waals surface area (Å²) < 4.78 is 28.3.